The van der Waals surface area contributed by atoms with Gasteiger partial charge < -0.3 is 5.32 Å². The molecule has 0 aromatic rings. The van der Waals surface area contributed by atoms with Crippen LogP contribution in [0.3, 0.4) is 0 Å². The summed E-state index contributed by atoms with van der Waals surface area (Å²) in [5, 5.41) is 3.30. The minimum absolute atomic E-state index is 0.0425. The molecule has 0 heterocycles. The number of hydrogen-bond donors (Lipinski definition) is 1. The van der Waals surface area contributed by atoms with Gasteiger partial charge in [-0.15, -0.1) is 0 Å². The van der Waals surface area contributed by atoms with E-state index in [-0.39, 0.29) is 16.4 Å². The van der Waals surface area contributed by atoms with E-state index in [1.54, 1.807) is 0 Å². The van der Waals surface area contributed by atoms with Crippen LogP contribution in [0.4, 0.5) is 0 Å². The molecule has 2 saturated carbocycles. The van der Waals surface area contributed by atoms with Crippen LogP contribution in [0.5, 0.6) is 0 Å². The molecular formula is C14H27NO2S. The highest BCUT2D eigenvalue weighted by atomic mass is 32.2. The van der Waals surface area contributed by atoms with Gasteiger partial charge in [0.15, 0.2) is 9.84 Å². The second-order valence-electron chi connectivity index (χ2n) is 5.99. The lowest BCUT2D eigenvalue weighted by Gasteiger charge is -2.28. The molecule has 2 aliphatic carbocycles. The SMILES string of the molecule is CCNC1CCC(S(=O)(=O)C2CCCCC2)C1C. The Kier molecular flexibility index (Phi) is 4.70. The minimum Gasteiger partial charge on any atom is -0.314 e. The van der Waals surface area contributed by atoms with Gasteiger partial charge in [-0.1, -0.05) is 33.1 Å². The Balaban J connectivity index is 2.06. The molecule has 0 aromatic heterocycles. The van der Waals surface area contributed by atoms with Gasteiger partial charge in [0.05, 0.1) is 10.5 Å². The fourth-order valence-electron chi connectivity index (χ4n) is 3.78. The van der Waals surface area contributed by atoms with Crippen molar-refractivity contribution < 1.29 is 8.42 Å². The molecule has 0 aromatic carbocycles. The summed E-state index contributed by atoms with van der Waals surface area (Å²) in [4.78, 5) is 0. The van der Waals surface area contributed by atoms with Crippen molar-refractivity contribution in [2.24, 2.45) is 5.92 Å². The highest BCUT2D eigenvalue weighted by molar-refractivity contribution is 7.92. The smallest absolute Gasteiger partial charge is 0.156 e. The van der Waals surface area contributed by atoms with Crippen LogP contribution in [0.1, 0.15) is 58.8 Å². The first-order valence-corrected chi connectivity index (χ1v) is 9.14. The highest BCUT2D eigenvalue weighted by Crippen LogP contribution is 2.36. The second-order valence-corrected chi connectivity index (χ2v) is 8.44. The van der Waals surface area contributed by atoms with Crippen molar-refractivity contribution in [3.05, 3.63) is 0 Å². The van der Waals surface area contributed by atoms with E-state index in [2.05, 4.69) is 19.2 Å². The summed E-state index contributed by atoms with van der Waals surface area (Å²) in [6, 6.07) is 0.401. The zero-order chi connectivity index (χ0) is 13.2. The maximum absolute atomic E-state index is 12.7. The third-order valence-electron chi connectivity index (χ3n) is 4.89. The predicted octanol–water partition coefficient (Wildman–Crippen LogP) is 2.51. The van der Waals surface area contributed by atoms with Crippen molar-refractivity contribution in [2.75, 3.05) is 6.54 Å². The van der Waals surface area contributed by atoms with Crippen LogP contribution in [0.15, 0.2) is 0 Å². The van der Waals surface area contributed by atoms with Gasteiger partial charge in [0.1, 0.15) is 0 Å². The fourth-order valence-corrected chi connectivity index (χ4v) is 6.52. The standard InChI is InChI=1S/C14H27NO2S/c1-3-15-13-9-10-14(11(13)2)18(16,17)12-7-5-4-6-8-12/h11-15H,3-10H2,1-2H3. The lowest BCUT2D eigenvalue weighted by atomic mass is 10.0. The normalized spacial score (nSPS) is 34.9. The van der Waals surface area contributed by atoms with Crippen LogP contribution in [-0.2, 0) is 9.84 Å². The number of hydrogen-bond acceptors (Lipinski definition) is 3. The average Bonchev–Trinajstić information content (AvgIpc) is 2.73. The summed E-state index contributed by atoms with van der Waals surface area (Å²) in [5.41, 5.74) is 0. The minimum atomic E-state index is -2.90. The monoisotopic (exact) mass is 273 g/mol. The zero-order valence-corrected chi connectivity index (χ0v) is 12.5. The van der Waals surface area contributed by atoms with Gasteiger partial charge in [-0.25, -0.2) is 8.42 Å². The Labute approximate surface area is 112 Å². The lowest BCUT2D eigenvalue weighted by molar-refractivity contribution is 0.425. The summed E-state index contributed by atoms with van der Waals surface area (Å²) in [6.45, 7) is 5.15. The van der Waals surface area contributed by atoms with Crippen molar-refractivity contribution in [2.45, 2.75) is 75.3 Å². The van der Waals surface area contributed by atoms with Crippen molar-refractivity contribution in [1.82, 2.24) is 5.32 Å². The van der Waals surface area contributed by atoms with Gasteiger partial charge in [0, 0.05) is 6.04 Å². The van der Waals surface area contributed by atoms with E-state index in [4.69, 9.17) is 0 Å². The van der Waals surface area contributed by atoms with Crippen molar-refractivity contribution in [3.63, 3.8) is 0 Å². The summed E-state index contributed by atoms with van der Waals surface area (Å²) < 4.78 is 25.4. The molecule has 2 aliphatic rings. The summed E-state index contributed by atoms with van der Waals surface area (Å²) in [6.07, 6.45) is 7.09. The van der Waals surface area contributed by atoms with E-state index in [1.807, 2.05) is 0 Å². The molecular weight excluding hydrogens is 246 g/mol. The van der Waals surface area contributed by atoms with E-state index in [1.165, 1.54) is 6.42 Å². The number of sulfone groups is 1. The summed E-state index contributed by atoms with van der Waals surface area (Å²) >= 11 is 0. The van der Waals surface area contributed by atoms with Crippen LogP contribution in [0.25, 0.3) is 0 Å². The van der Waals surface area contributed by atoms with Gasteiger partial charge >= 0.3 is 0 Å². The van der Waals surface area contributed by atoms with Gasteiger partial charge in [-0.3, -0.25) is 0 Å². The van der Waals surface area contributed by atoms with Crippen LogP contribution < -0.4 is 5.32 Å². The van der Waals surface area contributed by atoms with E-state index in [0.29, 0.717) is 6.04 Å². The molecule has 18 heavy (non-hydrogen) atoms. The Morgan fingerprint density at radius 1 is 1.06 bits per heavy atom. The van der Waals surface area contributed by atoms with Crippen molar-refractivity contribution >= 4 is 9.84 Å². The Morgan fingerprint density at radius 3 is 2.33 bits per heavy atom. The maximum Gasteiger partial charge on any atom is 0.156 e. The molecule has 0 aliphatic heterocycles. The van der Waals surface area contributed by atoms with E-state index < -0.39 is 9.84 Å². The molecule has 0 radical (unpaired) electrons. The third-order valence-corrected chi connectivity index (χ3v) is 7.80. The molecule has 0 saturated heterocycles. The van der Waals surface area contributed by atoms with E-state index in [0.717, 1.165) is 45.1 Å². The first-order valence-electron chi connectivity index (χ1n) is 7.53. The topological polar surface area (TPSA) is 46.2 Å². The highest BCUT2D eigenvalue weighted by Gasteiger charge is 2.43. The van der Waals surface area contributed by atoms with Gasteiger partial charge in [-0.05, 0) is 38.1 Å². The second kappa shape index (κ2) is 5.91. The quantitative estimate of drug-likeness (QED) is 0.856. The summed E-state index contributed by atoms with van der Waals surface area (Å²) in [7, 11) is -2.90. The molecule has 4 heteroatoms. The Morgan fingerprint density at radius 2 is 1.72 bits per heavy atom. The fraction of sp³-hybridized carbons (Fsp3) is 1.00. The maximum atomic E-state index is 12.7. The predicted molar refractivity (Wildman–Crippen MR) is 75.4 cm³/mol. The number of rotatable bonds is 4. The summed E-state index contributed by atoms with van der Waals surface area (Å²) in [5.74, 6) is 0.275. The zero-order valence-electron chi connectivity index (χ0n) is 11.7. The molecule has 0 bridgehead atoms. The van der Waals surface area contributed by atoms with Gasteiger partial charge in [-0.2, -0.15) is 0 Å². The number of nitrogens with one attached hydrogen (secondary N) is 1. The first-order chi connectivity index (χ1) is 8.57. The Hall–Kier alpha value is -0.0900. The van der Waals surface area contributed by atoms with Gasteiger partial charge in [0.25, 0.3) is 0 Å². The molecule has 3 unspecified atom stereocenters. The van der Waals surface area contributed by atoms with Crippen LogP contribution in [-0.4, -0.2) is 31.5 Å². The lowest BCUT2D eigenvalue weighted by Crippen LogP contribution is -2.40. The van der Waals surface area contributed by atoms with Crippen molar-refractivity contribution in [1.29, 1.82) is 0 Å². The van der Waals surface area contributed by atoms with Gasteiger partial charge in [0.2, 0.25) is 0 Å². The third kappa shape index (κ3) is 2.74. The molecule has 3 atom stereocenters. The molecule has 0 spiro atoms. The van der Waals surface area contributed by atoms with Crippen LogP contribution >= 0.6 is 0 Å². The van der Waals surface area contributed by atoms with Crippen molar-refractivity contribution in [3.8, 4) is 0 Å². The van der Waals surface area contributed by atoms with E-state index in [9.17, 15) is 8.42 Å². The van der Waals surface area contributed by atoms with E-state index >= 15 is 0 Å². The average molecular weight is 273 g/mol. The molecule has 2 fully saturated rings. The van der Waals surface area contributed by atoms with Crippen LogP contribution in [0.2, 0.25) is 0 Å². The largest absolute Gasteiger partial charge is 0.314 e. The first kappa shape index (κ1) is 14.3. The Bertz CT molecular complexity index is 360. The molecule has 3 nitrogen and oxygen atoms in total. The molecule has 0 amide bonds. The van der Waals surface area contributed by atoms with Crippen LogP contribution in [0, 0.1) is 5.92 Å². The molecule has 106 valence electrons. The molecule has 1 N–H and O–H groups in total. The molecule has 2 rings (SSSR count).